The number of ether oxygens (including phenoxy) is 1. The monoisotopic (exact) mass is 293 g/mol. The van der Waals surface area contributed by atoms with E-state index >= 15 is 0 Å². The Balaban J connectivity index is 2.33. The van der Waals surface area contributed by atoms with Crippen molar-refractivity contribution >= 4 is 21.7 Å². The molecule has 0 unspecified atom stereocenters. The fourth-order valence-electron chi connectivity index (χ4n) is 1.47. The number of nitrogen functional groups attached to an aromatic ring is 1. The molecule has 0 saturated carbocycles. The lowest BCUT2D eigenvalue weighted by Gasteiger charge is -2.09. The average molecular weight is 294 g/mol. The topological polar surface area (TPSA) is 61.0 Å². The van der Waals surface area contributed by atoms with Crippen molar-refractivity contribution in [2.75, 3.05) is 5.73 Å². The Hall–Kier alpha value is -1.62. The SMILES string of the molecule is CCc1c(N)ncnc1Oc1cccc(Br)c1. The molecule has 0 fully saturated rings. The minimum atomic E-state index is 0.465. The number of halogens is 1. The van der Waals surface area contributed by atoms with E-state index in [4.69, 9.17) is 10.5 Å². The molecule has 2 N–H and O–H groups in total. The molecule has 1 aromatic heterocycles. The van der Waals surface area contributed by atoms with Crippen molar-refractivity contribution in [1.29, 1.82) is 0 Å². The molecule has 0 bridgehead atoms. The number of anilines is 1. The van der Waals surface area contributed by atoms with Gasteiger partial charge < -0.3 is 10.5 Å². The average Bonchev–Trinajstić information content (AvgIpc) is 2.29. The summed E-state index contributed by atoms with van der Waals surface area (Å²) in [7, 11) is 0. The van der Waals surface area contributed by atoms with Crippen LogP contribution in [0.4, 0.5) is 5.82 Å². The summed E-state index contributed by atoms with van der Waals surface area (Å²) in [5, 5.41) is 0. The third-order valence-electron chi connectivity index (χ3n) is 2.30. The molecule has 4 nitrogen and oxygen atoms in total. The molecule has 0 atom stereocenters. The third-order valence-corrected chi connectivity index (χ3v) is 2.80. The van der Waals surface area contributed by atoms with Crippen LogP contribution in [0.2, 0.25) is 0 Å². The van der Waals surface area contributed by atoms with E-state index in [1.165, 1.54) is 6.33 Å². The summed E-state index contributed by atoms with van der Waals surface area (Å²) in [6, 6.07) is 7.57. The van der Waals surface area contributed by atoms with Gasteiger partial charge in [0.15, 0.2) is 0 Å². The Morgan fingerprint density at radius 1 is 1.35 bits per heavy atom. The lowest BCUT2D eigenvalue weighted by Crippen LogP contribution is -2.01. The predicted octanol–water partition coefficient (Wildman–Crippen LogP) is 3.18. The summed E-state index contributed by atoms with van der Waals surface area (Å²) in [4.78, 5) is 8.05. The van der Waals surface area contributed by atoms with Crippen LogP contribution in [0, 0.1) is 0 Å². The summed E-state index contributed by atoms with van der Waals surface area (Å²) in [6.45, 7) is 1.99. The van der Waals surface area contributed by atoms with Crippen molar-refractivity contribution in [3.63, 3.8) is 0 Å². The first-order chi connectivity index (χ1) is 8.20. The molecule has 0 saturated heterocycles. The molecule has 2 aromatic rings. The zero-order valence-corrected chi connectivity index (χ0v) is 10.9. The van der Waals surface area contributed by atoms with Gasteiger partial charge in [0.05, 0.1) is 5.56 Å². The van der Waals surface area contributed by atoms with Gasteiger partial charge in [-0.15, -0.1) is 0 Å². The molecule has 0 aliphatic carbocycles. The predicted molar refractivity (Wildman–Crippen MR) is 70.0 cm³/mol. The highest BCUT2D eigenvalue weighted by atomic mass is 79.9. The van der Waals surface area contributed by atoms with E-state index in [0.717, 1.165) is 16.5 Å². The molecule has 1 heterocycles. The summed E-state index contributed by atoms with van der Waals surface area (Å²) in [5.74, 6) is 1.69. The van der Waals surface area contributed by atoms with Crippen LogP contribution in [0.15, 0.2) is 35.1 Å². The molecular weight excluding hydrogens is 282 g/mol. The molecule has 5 heteroatoms. The number of nitrogens with zero attached hydrogens (tertiary/aromatic N) is 2. The highest BCUT2D eigenvalue weighted by molar-refractivity contribution is 9.10. The lowest BCUT2D eigenvalue weighted by molar-refractivity contribution is 0.455. The number of hydrogen-bond acceptors (Lipinski definition) is 4. The van der Waals surface area contributed by atoms with Crippen LogP contribution >= 0.6 is 15.9 Å². The Kier molecular flexibility index (Phi) is 3.58. The second-order valence-electron chi connectivity index (χ2n) is 3.46. The normalized spacial score (nSPS) is 10.2. The van der Waals surface area contributed by atoms with Crippen LogP contribution in [0.3, 0.4) is 0 Å². The van der Waals surface area contributed by atoms with Crippen molar-refractivity contribution in [2.45, 2.75) is 13.3 Å². The first kappa shape index (κ1) is 11.9. The Morgan fingerprint density at radius 2 is 2.18 bits per heavy atom. The highest BCUT2D eigenvalue weighted by Gasteiger charge is 2.09. The van der Waals surface area contributed by atoms with Crippen LogP contribution in [0.5, 0.6) is 11.6 Å². The fraction of sp³-hybridized carbons (Fsp3) is 0.167. The van der Waals surface area contributed by atoms with Crippen LogP contribution in [0.1, 0.15) is 12.5 Å². The maximum absolute atomic E-state index is 5.78. The molecule has 17 heavy (non-hydrogen) atoms. The van der Waals surface area contributed by atoms with Crippen molar-refractivity contribution in [3.05, 3.63) is 40.6 Å². The molecule has 1 aromatic carbocycles. The van der Waals surface area contributed by atoms with Crippen LogP contribution in [-0.4, -0.2) is 9.97 Å². The Bertz CT molecular complexity index is 531. The van der Waals surface area contributed by atoms with Gasteiger partial charge in [-0.2, -0.15) is 0 Å². The molecule has 0 radical (unpaired) electrons. The van der Waals surface area contributed by atoms with Gasteiger partial charge in [-0.25, -0.2) is 9.97 Å². The first-order valence-electron chi connectivity index (χ1n) is 5.23. The van der Waals surface area contributed by atoms with E-state index in [9.17, 15) is 0 Å². The molecule has 88 valence electrons. The summed E-state index contributed by atoms with van der Waals surface area (Å²) < 4.78 is 6.65. The smallest absolute Gasteiger partial charge is 0.227 e. The van der Waals surface area contributed by atoms with Gasteiger partial charge in [0, 0.05) is 4.47 Å². The van der Waals surface area contributed by atoms with E-state index in [1.807, 2.05) is 31.2 Å². The second kappa shape index (κ2) is 5.14. The van der Waals surface area contributed by atoms with E-state index in [1.54, 1.807) is 0 Å². The number of aromatic nitrogens is 2. The van der Waals surface area contributed by atoms with Crippen molar-refractivity contribution in [2.24, 2.45) is 0 Å². The quantitative estimate of drug-likeness (QED) is 0.944. The standard InChI is InChI=1S/C12H12BrN3O/c1-2-10-11(14)15-7-16-12(10)17-9-5-3-4-8(13)6-9/h3-7H,2H2,1H3,(H2,14,15,16). The number of nitrogens with two attached hydrogens (primary N) is 1. The van der Waals surface area contributed by atoms with E-state index in [0.29, 0.717) is 17.4 Å². The summed E-state index contributed by atoms with van der Waals surface area (Å²) in [6.07, 6.45) is 2.14. The summed E-state index contributed by atoms with van der Waals surface area (Å²) >= 11 is 3.39. The van der Waals surface area contributed by atoms with E-state index < -0.39 is 0 Å². The van der Waals surface area contributed by atoms with Crippen molar-refractivity contribution in [1.82, 2.24) is 9.97 Å². The van der Waals surface area contributed by atoms with Crippen LogP contribution < -0.4 is 10.5 Å². The highest BCUT2D eigenvalue weighted by Crippen LogP contribution is 2.27. The zero-order valence-electron chi connectivity index (χ0n) is 9.35. The van der Waals surface area contributed by atoms with Crippen molar-refractivity contribution in [3.8, 4) is 11.6 Å². The van der Waals surface area contributed by atoms with E-state index in [-0.39, 0.29) is 0 Å². The summed E-state index contributed by atoms with van der Waals surface area (Å²) in [5.41, 5.74) is 6.60. The van der Waals surface area contributed by atoms with Gasteiger partial charge in [-0.1, -0.05) is 28.9 Å². The Morgan fingerprint density at radius 3 is 2.88 bits per heavy atom. The van der Waals surface area contributed by atoms with Gasteiger partial charge in [0.2, 0.25) is 5.88 Å². The maximum atomic E-state index is 5.78. The van der Waals surface area contributed by atoms with Gasteiger partial charge in [-0.05, 0) is 24.6 Å². The van der Waals surface area contributed by atoms with Crippen LogP contribution in [-0.2, 0) is 6.42 Å². The molecule has 0 aliphatic heterocycles. The van der Waals surface area contributed by atoms with Gasteiger partial charge in [0.25, 0.3) is 0 Å². The third kappa shape index (κ3) is 2.74. The fourth-order valence-corrected chi connectivity index (χ4v) is 1.85. The molecular formula is C12H12BrN3O. The zero-order chi connectivity index (χ0) is 12.3. The first-order valence-corrected chi connectivity index (χ1v) is 6.02. The van der Waals surface area contributed by atoms with Gasteiger partial charge in [-0.3, -0.25) is 0 Å². The maximum Gasteiger partial charge on any atom is 0.227 e. The van der Waals surface area contributed by atoms with E-state index in [2.05, 4.69) is 25.9 Å². The van der Waals surface area contributed by atoms with Gasteiger partial charge in [0.1, 0.15) is 17.9 Å². The van der Waals surface area contributed by atoms with Gasteiger partial charge >= 0.3 is 0 Å². The second-order valence-corrected chi connectivity index (χ2v) is 4.37. The molecule has 0 aliphatic rings. The minimum absolute atomic E-state index is 0.465. The molecule has 0 spiro atoms. The molecule has 0 amide bonds. The number of hydrogen-bond donors (Lipinski definition) is 1. The lowest BCUT2D eigenvalue weighted by atomic mass is 10.2. The number of benzene rings is 1. The molecule has 2 rings (SSSR count). The van der Waals surface area contributed by atoms with Crippen LogP contribution in [0.25, 0.3) is 0 Å². The number of rotatable bonds is 3. The largest absolute Gasteiger partial charge is 0.439 e. The van der Waals surface area contributed by atoms with Crippen molar-refractivity contribution < 1.29 is 4.74 Å². The Labute approximate surface area is 108 Å². The minimum Gasteiger partial charge on any atom is -0.439 e.